The van der Waals surface area contributed by atoms with E-state index in [-0.39, 0.29) is 11.8 Å². The number of H-pyrrole nitrogens is 1. The Labute approximate surface area is 260 Å². The molecule has 1 unspecified atom stereocenters. The van der Waals surface area contributed by atoms with Gasteiger partial charge in [-0.05, 0) is 81.6 Å². The molecule has 0 bridgehead atoms. The van der Waals surface area contributed by atoms with Crippen LogP contribution < -0.4 is 24.4 Å². The molecular weight excluding hydrogens is 554 g/mol. The first-order chi connectivity index (χ1) is 21.3. The summed E-state index contributed by atoms with van der Waals surface area (Å²) in [6.45, 7) is 11.5. The van der Waals surface area contributed by atoms with E-state index in [1.54, 1.807) is 27.4 Å². The number of ether oxygens (including phenoxy) is 3. The standard InChI is InChI=1S/C35H45N5O4/c1-23-12-13-26(20-24(23)2)27(22-36-34(41)28-21-31(42-4)33(44-6)32(43-5)25(28)3)14-17-39-15-9-16-40(19-18-39)35-37-29-10-7-8-11-30(29)38-35/h7-8,10-13,20-21,27H,9,14-19,22H2,1-6H3,(H,36,41)(H,37,38). The van der Waals surface area contributed by atoms with Gasteiger partial charge in [0.25, 0.3) is 5.91 Å². The molecule has 1 aromatic heterocycles. The van der Waals surface area contributed by atoms with Crippen LogP contribution in [0.15, 0.2) is 48.5 Å². The van der Waals surface area contributed by atoms with Crippen molar-refractivity contribution in [2.24, 2.45) is 0 Å². The maximum absolute atomic E-state index is 13.6. The van der Waals surface area contributed by atoms with Gasteiger partial charge >= 0.3 is 0 Å². The van der Waals surface area contributed by atoms with E-state index in [4.69, 9.17) is 19.2 Å². The summed E-state index contributed by atoms with van der Waals surface area (Å²) in [4.78, 5) is 26.8. The molecule has 0 aliphatic carbocycles. The predicted octanol–water partition coefficient (Wildman–Crippen LogP) is 5.63. The van der Waals surface area contributed by atoms with E-state index in [0.29, 0.717) is 34.9 Å². The van der Waals surface area contributed by atoms with Crippen LogP contribution in [0.4, 0.5) is 5.95 Å². The summed E-state index contributed by atoms with van der Waals surface area (Å²) >= 11 is 0. The molecule has 4 aromatic rings. The molecule has 2 heterocycles. The molecule has 1 aliphatic rings. The Morgan fingerprint density at radius 2 is 1.73 bits per heavy atom. The molecule has 3 aromatic carbocycles. The fourth-order valence-corrected chi connectivity index (χ4v) is 6.09. The predicted molar refractivity (Wildman–Crippen MR) is 176 cm³/mol. The first-order valence-corrected chi connectivity index (χ1v) is 15.4. The molecule has 5 rings (SSSR count). The van der Waals surface area contributed by atoms with Gasteiger partial charge in [0, 0.05) is 43.2 Å². The monoisotopic (exact) mass is 599 g/mol. The third-order valence-corrected chi connectivity index (χ3v) is 8.89. The van der Waals surface area contributed by atoms with Crippen molar-refractivity contribution in [2.75, 3.05) is 65.5 Å². The number of nitrogens with zero attached hydrogens (tertiary/aromatic N) is 3. The molecule has 234 valence electrons. The van der Waals surface area contributed by atoms with Crippen molar-refractivity contribution in [3.05, 3.63) is 76.3 Å². The fraction of sp³-hybridized carbons (Fsp3) is 0.429. The van der Waals surface area contributed by atoms with Crippen LogP contribution >= 0.6 is 0 Å². The number of rotatable bonds is 11. The number of aryl methyl sites for hydroxylation is 2. The van der Waals surface area contributed by atoms with E-state index in [1.807, 2.05) is 25.1 Å². The van der Waals surface area contributed by atoms with Gasteiger partial charge in [0.15, 0.2) is 11.5 Å². The highest BCUT2D eigenvalue weighted by Gasteiger charge is 2.24. The lowest BCUT2D eigenvalue weighted by atomic mass is 9.92. The van der Waals surface area contributed by atoms with Gasteiger partial charge in [-0.15, -0.1) is 0 Å². The highest BCUT2D eigenvalue weighted by atomic mass is 16.5. The molecule has 1 saturated heterocycles. The van der Waals surface area contributed by atoms with Crippen molar-refractivity contribution in [3.63, 3.8) is 0 Å². The average Bonchev–Trinajstić information content (AvgIpc) is 3.33. The number of imidazole rings is 1. The van der Waals surface area contributed by atoms with E-state index >= 15 is 0 Å². The van der Waals surface area contributed by atoms with Gasteiger partial charge in [-0.25, -0.2) is 4.98 Å². The van der Waals surface area contributed by atoms with E-state index in [0.717, 1.165) is 62.5 Å². The van der Waals surface area contributed by atoms with Crippen LogP contribution in [0.2, 0.25) is 0 Å². The van der Waals surface area contributed by atoms with Crippen molar-refractivity contribution in [1.29, 1.82) is 0 Å². The third kappa shape index (κ3) is 6.78. The van der Waals surface area contributed by atoms with Crippen LogP contribution in [-0.4, -0.2) is 81.4 Å². The van der Waals surface area contributed by atoms with Crippen LogP contribution in [0.25, 0.3) is 11.0 Å². The number of methoxy groups -OCH3 is 3. The number of hydrogen-bond donors (Lipinski definition) is 2. The molecule has 0 saturated carbocycles. The second kappa shape index (κ2) is 14.0. The zero-order valence-corrected chi connectivity index (χ0v) is 26.8. The molecule has 1 atom stereocenters. The van der Waals surface area contributed by atoms with Crippen molar-refractivity contribution >= 4 is 22.9 Å². The SMILES string of the molecule is COc1cc(C(=O)NCC(CCN2CCCN(c3nc4ccccc4[nH]3)CC2)c2ccc(C)c(C)c2)c(C)c(OC)c1OC. The molecule has 1 amide bonds. The normalized spacial score (nSPS) is 14.7. The van der Waals surface area contributed by atoms with E-state index in [1.165, 1.54) is 16.7 Å². The van der Waals surface area contributed by atoms with Crippen molar-refractivity contribution in [3.8, 4) is 17.2 Å². The second-order valence-electron chi connectivity index (χ2n) is 11.6. The van der Waals surface area contributed by atoms with Gasteiger partial charge < -0.3 is 34.3 Å². The quantitative estimate of drug-likeness (QED) is 0.231. The highest BCUT2D eigenvalue weighted by Crippen LogP contribution is 2.41. The largest absolute Gasteiger partial charge is 0.493 e. The Kier molecular flexibility index (Phi) is 9.95. The molecule has 1 fully saturated rings. The Morgan fingerprint density at radius 3 is 2.45 bits per heavy atom. The average molecular weight is 600 g/mol. The summed E-state index contributed by atoms with van der Waals surface area (Å²) in [7, 11) is 4.69. The third-order valence-electron chi connectivity index (χ3n) is 8.89. The minimum absolute atomic E-state index is 0.160. The Bertz CT molecular complexity index is 1570. The van der Waals surface area contributed by atoms with Crippen LogP contribution in [0.3, 0.4) is 0 Å². The topological polar surface area (TPSA) is 92.0 Å². The van der Waals surface area contributed by atoms with E-state index in [2.05, 4.69) is 58.2 Å². The lowest BCUT2D eigenvalue weighted by Crippen LogP contribution is -2.34. The van der Waals surface area contributed by atoms with Crippen molar-refractivity contribution in [1.82, 2.24) is 20.2 Å². The molecule has 44 heavy (non-hydrogen) atoms. The van der Waals surface area contributed by atoms with Gasteiger partial charge in [0.1, 0.15) is 0 Å². The summed E-state index contributed by atoms with van der Waals surface area (Å²) in [5, 5.41) is 3.22. The highest BCUT2D eigenvalue weighted by molar-refractivity contribution is 5.97. The summed E-state index contributed by atoms with van der Waals surface area (Å²) in [5.41, 5.74) is 7.07. The van der Waals surface area contributed by atoms with Gasteiger partial charge in [-0.1, -0.05) is 30.3 Å². The molecule has 1 aliphatic heterocycles. The Hall–Kier alpha value is -4.24. The summed E-state index contributed by atoms with van der Waals surface area (Å²) in [5.74, 6) is 2.39. The zero-order valence-electron chi connectivity index (χ0n) is 26.8. The number of amides is 1. The number of aromatic nitrogens is 2. The smallest absolute Gasteiger partial charge is 0.251 e. The number of aromatic amines is 1. The van der Waals surface area contributed by atoms with Crippen LogP contribution in [0.1, 0.15) is 51.4 Å². The van der Waals surface area contributed by atoms with E-state index < -0.39 is 0 Å². The molecular formula is C35H45N5O4. The van der Waals surface area contributed by atoms with Crippen LogP contribution in [0, 0.1) is 20.8 Å². The number of anilines is 1. The molecule has 9 heteroatoms. The maximum Gasteiger partial charge on any atom is 0.251 e. The first kappa shape index (κ1) is 31.2. The number of hydrogen-bond acceptors (Lipinski definition) is 7. The Morgan fingerprint density at radius 1 is 0.932 bits per heavy atom. The summed E-state index contributed by atoms with van der Waals surface area (Å²) in [6, 6.07) is 16.6. The van der Waals surface area contributed by atoms with E-state index in [9.17, 15) is 4.79 Å². The molecule has 0 radical (unpaired) electrons. The van der Waals surface area contributed by atoms with Gasteiger partial charge in [-0.2, -0.15) is 0 Å². The number of benzene rings is 3. The van der Waals surface area contributed by atoms with Crippen LogP contribution in [0.5, 0.6) is 17.2 Å². The van der Waals surface area contributed by atoms with Crippen molar-refractivity contribution in [2.45, 2.75) is 39.5 Å². The minimum Gasteiger partial charge on any atom is -0.493 e. The fourth-order valence-electron chi connectivity index (χ4n) is 6.09. The summed E-state index contributed by atoms with van der Waals surface area (Å²) in [6.07, 6.45) is 2.00. The molecule has 2 N–H and O–H groups in total. The van der Waals surface area contributed by atoms with Gasteiger partial charge in [0.05, 0.1) is 32.4 Å². The number of carbonyl (C=O) groups is 1. The van der Waals surface area contributed by atoms with Crippen molar-refractivity contribution < 1.29 is 19.0 Å². The number of carbonyl (C=O) groups excluding carboxylic acids is 1. The summed E-state index contributed by atoms with van der Waals surface area (Å²) < 4.78 is 16.6. The van der Waals surface area contributed by atoms with Gasteiger partial charge in [0.2, 0.25) is 11.7 Å². The lowest BCUT2D eigenvalue weighted by molar-refractivity contribution is 0.0948. The van der Waals surface area contributed by atoms with Crippen LogP contribution in [-0.2, 0) is 0 Å². The molecule has 9 nitrogen and oxygen atoms in total. The van der Waals surface area contributed by atoms with Gasteiger partial charge in [-0.3, -0.25) is 4.79 Å². The first-order valence-electron chi connectivity index (χ1n) is 15.4. The Balaban J connectivity index is 1.27. The number of nitrogens with one attached hydrogen (secondary N) is 2. The number of fused-ring (bicyclic) bond motifs is 1. The molecule has 0 spiro atoms. The number of para-hydroxylation sites is 2. The zero-order chi connectivity index (χ0) is 31.2. The maximum atomic E-state index is 13.6. The second-order valence-corrected chi connectivity index (χ2v) is 11.6. The lowest BCUT2D eigenvalue weighted by Gasteiger charge is -2.25. The minimum atomic E-state index is -0.160.